The molecule has 0 unspecified atom stereocenters. The van der Waals surface area contributed by atoms with Crippen molar-refractivity contribution in [1.82, 2.24) is 30.3 Å². The van der Waals surface area contributed by atoms with Crippen LogP contribution >= 0.6 is 0 Å². The smallest absolute Gasteiger partial charge is 0.315 e. The zero-order chi connectivity index (χ0) is 16.2. The van der Waals surface area contributed by atoms with Crippen molar-refractivity contribution < 1.29 is 9.53 Å². The van der Waals surface area contributed by atoms with Crippen molar-refractivity contribution in [2.24, 2.45) is 0 Å². The van der Waals surface area contributed by atoms with E-state index in [1.54, 1.807) is 0 Å². The van der Waals surface area contributed by atoms with Crippen molar-refractivity contribution in [3.05, 3.63) is 11.6 Å². The highest BCUT2D eigenvalue weighted by Gasteiger charge is 2.21. The van der Waals surface area contributed by atoms with E-state index < -0.39 is 0 Å². The average Bonchev–Trinajstić information content (AvgIpc) is 3.07. The van der Waals surface area contributed by atoms with Crippen LogP contribution in [0.5, 0.6) is 0 Å². The van der Waals surface area contributed by atoms with Crippen molar-refractivity contribution >= 4 is 6.03 Å². The molecule has 23 heavy (non-hydrogen) atoms. The number of morpholine rings is 1. The SMILES string of the molecule is C[C@@H]1CN(CCNC(=O)NCc2nnc3n2CCC3)C[C@@H](C)O1. The molecule has 0 aromatic carbocycles. The molecule has 1 aromatic heterocycles. The molecule has 128 valence electrons. The van der Waals surface area contributed by atoms with Crippen LogP contribution in [0.1, 0.15) is 31.9 Å². The van der Waals surface area contributed by atoms with Crippen molar-refractivity contribution in [1.29, 1.82) is 0 Å². The fraction of sp³-hybridized carbons (Fsp3) is 0.800. The summed E-state index contributed by atoms with van der Waals surface area (Å²) in [4.78, 5) is 14.2. The summed E-state index contributed by atoms with van der Waals surface area (Å²) in [5, 5.41) is 14.0. The lowest BCUT2D eigenvalue weighted by atomic mass is 10.2. The molecular weight excluding hydrogens is 296 g/mol. The minimum Gasteiger partial charge on any atom is -0.373 e. The number of carbonyl (C=O) groups is 1. The second-order valence-corrected chi connectivity index (χ2v) is 6.41. The van der Waals surface area contributed by atoms with Gasteiger partial charge in [0.1, 0.15) is 5.82 Å². The number of aromatic nitrogens is 3. The van der Waals surface area contributed by atoms with Gasteiger partial charge in [0.2, 0.25) is 0 Å². The highest BCUT2D eigenvalue weighted by Crippen LogP contribution is 2.13. The first-order valence-electron chi connectivity index (χ1n) is 8.42. The molecule has 1 saturated heterocycles. The minimum absolute atomic E-state index is 0.158. The summed E-state index contributed by atoms with van der Waals surface area (Å²) in [6.07, 6.45) is 2.60. The Morgan fingerprint density at radius 2 is 2.04 bits per heavy atom. The van der Waals surface area contributed by atoms with Gasteiger partial charge >= 0.3 is 6.03 Å². The summed E-state index contributed by atoms with van der Waals surface area (Å²) < 4.78 is 7.80. The summed E-state index contributed by atoms with van der Waals surface area (Å²) in [6, 6.07) is -0.158. The molecule has 8 heteroatoms. The number of ether oxygens (including phenoxy) is 1. The number of rotatable bonds is 5. The highest BCUT2D eigenvalue weighted by atomic mass is 16.5. The first kappa shape index (κ1) is 16.2. The predicted molar refractivity (Wildman–Crippen MR) is 85.0 cm³/mol. The standard InChI is InChI=1S/C15H26N6O2/c1-11-9-20(10-12(2)23-11)7-5-16-15(22)17-8-14-19-18-13-4-3-6-21(13)14/h11-12H,3-10H2,1-2H3,(H2,16,17,22)/t11-,12-/m1/s1. The number of urea groups is 1. The van der Waals surface area contributed by atoms with Gasteiger partial charge in [0, 0.05) is 39.1 Å². The normalized spacial score (nSPS) is 24.4. The van der Waals surface area contributed by atoms with Gasteiger partial charge < -0.3 is 19.9 Å². The molecule has 0 aliphatic carbocycles. The van der Waals surface area contributed by atoms with Gasteiger partial charge in [-0.05, 0) is 20.3 Å². The monoisotopic (exact) mass is 322 g/mol. The average molecular weight is 322 g/mol. The molecule has 2 atom stereocenters. The van der Waals surface area contributed by atoms with Gasteiger partial charge in [0.05, 0.1) is 18.8 Å². The number of hydrogen-bond acceptors (Lipinski definition) is 5. The third-order valence-corrected chi connectivity index (χ3v) is 4.30. The fourth-order valence-corrected chi connectivity index (χ4v) is 3.36. The maximum atomic E-state index is 11.9. The minimum atomic E-state index is -0.158. The number of hydrogen-bond donors (Lipinski definition) is 2. The molecule has 2 aliphatic rings. The van der Waals surface area contributed by atoms with Crippen LogP contribution in [-0.4, -0.2) is 64.1 Å². The number of carbonyl (C=O) groups excluding carboxylic acids is 1. The van der Waals surface area contributed by atoms with Gasteiger partial charge in [-0.15, -0.1) is 10.2 Å². The molecule has 2 amide bonds. The Balaban J connectivity index is 1.35. The number of fused-ring (bicyclic) bond motifs is 1. The number of nitrogens with one attached hydrogen (secondary N) is 2. The fourth-order valence-electron chi connectivity index (χ4n) is 3.36. The van der Waals surface area contributed by atoms with Gasteiger partial charge in [-0.3, -0.25) is 4.90 Å². The molecule has 3 rings (SSSR count). The van der Waals surface area contributed by atoms with Crippen molar-refractivity contribution in [2.75, 3.05) is 26.2 Å². The quantitative estimate of drug-likeness (QED) is 0.805. The van der Waals surface area contributed by atoms with E-state index in [-0.39, 0.29) is 18.2 Å². The Morgan fingerprint density at radius 3 is 2.83 bits per heavy atom. The molecule has 2 N–H and O–H groups in total. The lowest BCUT2D eigenvalue weighted by molar-refractivity contribution is -0.0672. The molecule has 3 heterocycles. The van der Waals surface area contributed by atoms with Gasteiger partial charge in [0.25, 0.3) is 0 Å². The molecule has 1 aromatic rings. The molecule has 0 radical (unpaired) electrons. The van der Waals surface area contributed by atoms with Crippen molar-refractivity contribution in [2.45, 2.75) is 52.0 Å². The summed E-state index contributed by atoms with van der Waals surface area (Å²) in [6.45, 7) is 8.84. The molecule has 0 spiro atoms. The lowest BCUT2D eigenvalue weighted by Gasteiger charge is -2.35. The Labute approximate surface area is 136 Å². The first-order chi connectivity index (χ1) is 11.1. The van der Waals surface area contributed by atoms with E-state index in [1.165, 1.54) is 0 Å². The zero-order valence-corrected chi connectivity index (χ0v) is 13.9. The first-order valence-corrected chi connectivity index (χ1v) is 8.42. The van der Waals surface area contributed by atoms with Gasteiger partial charge in [0.15, 0.2) is 5.82 Å². The maximum absolute atomic E-state index is 11.9. The second kappa shape index (κ2) is 7.27. The number of amides is 2. The van der Waals surface area contributed by atoms with Crippen LogP contribution in [0.25, 0.3) is 0 Å². The molecule has 0 saturated carbocycles. The third-order valence-electron chi connectivity index (χ3n) is 4.30. The van der Waals surface area contributed by atoms with E-state index in [0.717, 1.165) is 50.7 Å². The van der Waals surface area contributed by atoms with Crippen LogP contribution in [-0.2, 0) is 24.2 Å². The van der Waals surface area contributed by atoms with Crippen LogP contribution in [0.3, 0.4) is 0 Å². The van der Waals surface area contributed by atoms with E-state index in [1.807, 2.05) is 0 Å². The second-order valence-electron chi connectivity index (χ2n) is 6.41. The van der Waals surface area contributed by atoms with Crippen LogP contribution in [0.2, 0.25) is 0 Å². The molecule has 1 fully saturated rings. The number of nitrogens with zero attached hydrogens (tertiary/aromatic N) is 4. The van der Waals surface area contributed by atoms with E-state index in [9.17, 15) is 4.79 Å². The van der Waals surface area contributed by atoms with Crippen LogP contribution < -0.4 is 10.6 Å². The summed E-state index contributed by atoms with van der Waals surface area (Å²) >= 11 is 0. The molecular formula is C15H26N6O2. The van der Waals surface area contributed by atoms with Crippen molar-refractivity contribution in [3.8, 4) is 0 Å². The zero-order valence-electron chi connectivity index (χ0n) is 13.9. The molecule has 0 bridgehead atoms. The summed E-state index contributed by atoms with van der Waals surface area (Å²) in [5.74, 6) is 1.86. The van der Waals surface area contributed by atoms with Gasteiger partial charge in [-0.2, -0.15) is 0 Å². The van der Waals surface area contributed by atoms with E-state index in [0.29, 0.717) is 13.1 Å². The predicted octanol–water partition coefficient (Wildman–Crippen LogP) is 0.133. The van der Waals surface area contributed by atoms with Crippen LogP contribution in [0, 0.1) is 0 Å². The summed E-state index contributed by atoms with van der Waals surface area (Å²) in [5.41, 5.74) is 0. The van der Waals surface area contributed by atoms with Gasteiger partial charge in [-0.1, -0.05) is 0 Å². The van der Waals surface area contributed by atoms with Crippen LogP contribution in [0.15, 0.2) is 0 Å². The number of aryl methyl sites for hydroxylation is 1. The Hall–Kier alpha value is -1.67. The third kappa shape index (κ3) is 4.20. The van der Waals surface area contributed by atoms with Gasteiger partial charge in [-0.25, -0.2) is 4.79 Å². The maximum Gasteiger partial charge on any atom is 0.315 e. The lowest BCUT2D eigenvalue weighted by Crippen LogP contribution is -2.48. The largest absolute Gasteiger partial charge is 0.373 e. The topological polar surface area (TPSA) is 84.3 Å². The Bertz CT molecular complexity index is 536. The van der Waals surface area contributed by atoms with E-state index >= 15 is 0 Å². The Morgan fingerprint density at radius 1 is 1.26 bits per heavy atom. The Kier molecular flexibility index (Phi) is 5.12. The van der Waals surface area contributed by atoms with Crippen LogP contribution in [0.4, 0.5) is 4.79 Å². The molecule has 2 aliphatic heterocycles. The van der Waals surface area contributed by atoms with E-state index in [4.69, 9.17) is 4.74 Å². The van der Waals surface area contributed by atoms with Crippen molar-refractivity contribution in [3.63, 3.8) is 0 Å². The van der Waals surface area contributed by atoms with E-state index in [2.05, 4.69) is 44.1 Å². The highest BCUT2D eigenvalue weighted by molar-refractivity contribution is 5.73. The molecule has 8 nitrogen and oxygen atoms in total. The summed E-state index contributed by atoms with van der Waals surface area (Å²) in [7, 11) is 0.